The minimum Gasteiger partial charge on any atom is -0.375 e. The molecular weight excluding hydrogens is 244 g/mol. The molecule has 1 rings (SSSR count). The number of hydrogen-bond acceptors (Lipinski definition) is 4. The highest BCUT2D eigenvalue weighted by Crippen LogP contribution is 2.06. The van der Waals surface area contributed by atoms with Gasteiger partial charge in [0, 0.05) is 39.3 Å². The topological polar surface area (TPSA) is 42.4 Å². The average Bonchev–Trinajstić information content (AvgIpc) is 2.15. The van der Waals surface area contributed by atoms with Crippen LogP contribution >= 0.6 is 15.9 Å². The minimum atomic E-state index is 0.403. The molecule has 14 heavy (non-hydrogen) atoms. The van der Waals surface area contributed by atoms with Crippen molar-refractivity contribution in [3.8, 4) is 0 Å². The molecule has 0 radical (unpaired) electrons. The maximum Gasteiger partial charge on any atom is 0.104 e. The molecule has 4 nitrogen and oxygen atoms in total. The number of nitrogens with one attached hydrogen (secondary N) is 2. The monoisotopic (exact) mass is 260 g/mol. The Morgan fingerprint density at radius 3 is 2.36 bits per heavy atom. The van der Waals surface area contributed by atoms with E-state index in [9.17, 15) is 0 Å². The fourth-order valence-electron chi connectivity index (χ4n) is 1.49. The average molecular weight is 261 g/mol. The maximum atomic E-state index is 7.35. The molecule has 0 aromatic heterocycles. The summed E-state index contributed by atoms with van der Waals surface area (Å²) in [5, 5.41) is 10.5. The van der Waals surface area contributed by atoms with Crippen LogP contribution in [0.15, 0.2) is 11.9 Å². The molecule has 1 heterocycles. The molecule has 0 bridgehead atoms. The van der Waals surface area contributed by atoms with Gasteiger partial charge in [0.1, 0.15) is 10.4 Å². The number of likely N-dealkylation sites (N-methyl/N-ethyl adjacent to an activating group) is 1. The van der Waals surface area contributed by atoms with Crippen LogP contribution < -0.4 is 5.32 Å². The first kappa shape index (κ1) is 11.5. The van der Waals surface area contributed by atoms with E-state index < -0.39 is 0 Å². The highest BCUT2D eigenvalue weighted by Gasteiger charge is 2.15. The van der Waals surface area contributed by atoms with E-state index in [2.05, 4.69) is 38.1 Å². The highest BCUT2D eigenvalue weighted by molar-refractivity contribution is 9.18. The van der Waals surface area contributed by atoms with Crippen LogP contribution in [0.4, 0.5) is 0 Å². The van der Waals surface area contributed by atoms with Gasteiger partial charge < -0.3 is 15.1 Å². The zero-order chi connectivity index (χ0) is 10.6. The third kappa shape index (κ3) is 3.31. The van der Waals surface area contributed by atoms with Gasteiger partial charge in [-0.3, -0.25) is 5.41 Å². The molecule has 0 atom stereocenters. The first-order valence-corrected chi connectivity index (χ1v) is 5.50. The number of allylic oxidation sites excluding steroid dienone is 1. The lowest BCUT2D eigenvalue weighted by Crippen LogP contribution is -2.46. The molecule has 0 spiro atoms. The van der Waals surface area contributed by atoms with Gasteiger partial charge in [0.15, 0.2) is 0 Å². The normalized spacial score (nSPS) is 19.6. The van der Waals surface area contributed by atoms with Crippen molar-refractivity contribution < 1.29 is 0 Å². The maximum absolute atomic E-state index is 7.35. The number of halogens is 1. The largest absolute Gasteiger partial charge is 0.375 e. The van der Waals surface area contributed by atoms with Crippen LogP contribution in [0.5, 0.6) is 0 Å². The van der Waals surface area contributed by atoms with Gasteiger partial charge in [-0.2, -0.15) is 0 Å². The van der Waals surface area contributed by atoms with Gasteiger partial charge >= 0.3 is 0 Å². The molecule has 2 N–H and O–H groups in total. The molecule has 0 aliphatic carbocycles. The first-order chi connectivity index (χ1) is 6.63. The Hall–Kier alpha value is -0.550. The number of rotatable bonds is 3. The quantitative estimate of drug-likeness (QED) is 0.734. The molecule has 1 aliphatic heterocycles. The van der Waals surface area contributed by atoms with E-state index >= 15 is 0 Å². The zero-order valence-electron chi connectivity index (χ0n) is 8.68. The molecule has 0 aromatic rings. The van der Waals surface area contributed by atoms with Crippen molar-refractivity contribution in [3.05, 3.63) is 11.9 Å². The van der Waals surface area contributed by atoms with E-state index in [0.717, 1.165) is 32.0 Å². The second-order valence-corrected chi connectivity index (χ2v) is 4.27. The summed E-state index contributed by atoms with van der Waals surface area (Å²) in [6.07, 6.45) is 1.80. The molecule has 5 heteroatoms. The molecule has 1 fully saturated rings. The second kappa shape index (κ2) is 5.36. The molecule has 1 saturated heterocycles. The molecule has 0 unspecified atom stereocenters. The van der Waals surface area contributed by atoms with Crippen molar-refractivity contribution in [1.29, 1.82) is 5.41 Å². The van der Waals surface area contributed by atoms with Crippen LogP contribution in [-0.4, -0.2) is 54.7 Å². The first-order valence-electron chi connectivity index (χ1n) is 4.70. The summed E-state index contributed by atoms with van der Waals surface area (Å²) in [6, 6.07) is 0. The Morgan fingerprint density at radius 2 is 1.93 bits per heavy atom. The number of piperazine rings is 1. The van der Waals surface area contributed by atoms with E-state index in [-0.39, 0.29) is 0 Å². The lowest BCUT2D eigenvalue weighted by molar-refractivity contribution is 0.180. The van der Waals surface area contributed by atoms with E-state index in [4.69, 9.17) is 5.41 Å². The fraction of sp³-hybridized carbons (Fsp3) is 0.667. The van der Waals surface area contributed by atoms with E-state index in [1.807, 2.05) is 7.05 Å². The lowest BCUT2D eigenvalue weighted by atomic mass is 10.3. The van der Waals surface area contributed by atoms with Gasteiger partial charge in [0.2, 0.25) is 0 Å². The Labute approximate surface area is 93.6 Å². The van der Waals surface area contributed by atoms with Crippen LogP contribution in [0, 0.1) is 5.41 Å². The van der Waals surface area contributed by atoms with Crippen molar-refractivity contribution in [1.82, 2.24) is 15.1 Å². The summed E-state index contributed by atoms with van der Waals surface area (Å²) in [4.78, 5) is 4.57. The van der Waals surface area contributed by atoms with Crippen LogP contribution in [0.3, 0.4) is 0 Å². The molecule has 80 valence electrons. The van der Waals surface area contributed by atoms with E-state index in [0.29, 0.717) is 4.62 Å². The standard InChI is InChI=1S/C9H17BrN4/c1-12-9(7-8(10)11)14-5-3-13(2)4-6-14/h7,11-12H,3-6H2,1-2H3/b9-7+,11-8?. The molecular formula is C9H17BrN4. The molecule has 0 aromatic carbocycles. The predicted molar refractivity (Wildman–Crippen MR) is 62.9 cm³/mol. The van der Waals surface area contributed by atoms with E-state index in [1.54, 1.807) is 6.08 Å². The van der Waals surface area contributed by atoms with Crippen molar-refractivity contribution >= 4 is 20.6 Å². The summed E-state index contributed by atoms with van der Waals surface area (Å²) < 4.78 is 0.403. The fourth-order valence-corrected chi connectivity index (χ4v) is 1.71. The third-order valence-corrected chi connectivity index (χ3v) is 2.59. The summed E-state index contributed by atoms with van der Waals surface area (Å²) in [5.41, 5.74) is 0. The van der Waals surface area contributed by atoms with Crippen LogP contribution in [0.1, 0.15) is 0 Å². The third-order valence-electron chi connectivity index (χ3n) is 2.36. The summed E-state index contributed by atoms with van der Waals surface area (Å²) in [6.45, 7) is 4.19. The Morgan fingerprint density at radius 1 is 1.36 bits per heavy atom. The Kier molecular flexibility index (Phi) is 4.41. The summed E-state index contributed by atoms with van der Waals surface area (Å²) >= 11 is 3.12. The minimum absolute atomic E-state index is 0.403. The van der Waals surface area contributed by atoms with Crippen LogP contribution in [0.25, 0.3) is 0 Å². The highest BCUT2D eigenvalue weighted by atomic mass is 79.9. The van der Waals surface area contributed by atoms with Gasteiger partial charge in [-0.05, 0) is 23.0 Å². The smallest absolute Gasteiger partial charge is 0.104 e. The second-order valence-electron chi connectivity index (χ2n) is 3.42. The van der Waals surface area contributed by atoms with Gasteiger partial charge in [0.05, 0.1) is 0 Å². The van der Waals surface area contributed by atoms with E-state index in [1.165, 1.54) is 0 Å². The van der Waals surface area contributed by atoms with Gasteiger partial charge in [-0.15, -0.1) is 0 Å². The van der Waals surface area contributed by atoms with Crippen LogP contribution in [-0.2, 0) is 0 Å². The molecule has 0 saturated carbocycles. The zero-order valence-corrected chi connectivity index (χ0v) is 10.3. The summed E-state index contributed by atoms with van der Waals surface area (Å²) in [5.74, 6) is 1.01. The van der Waals surface area contributed by atoms with Crippen molar-refractivity contribution in [2.24, 2.45) is 0 Å². The van der Waals surface area contributed by atoms with Gasteiger partial charge in [-0.25, -0.2) is 0 Å². The SMILES string of the molecule is CN/C(=C\C(=N)Br)N1CCN(C)CC1. The predicted octanol–water partition coefficient (Wildman–Crippen LogP) is 0.667. The van der Waals surface area contributed by atoms with Gasteiger partial charge in [0.25, 0.3) is 0 Å². The number of hydrogen-bond donors (Lipinski definition) is 2. The molecule has 1 aliphatic rings. The van der Waals surface area contributed by atoms with Crippen LogP contribution in [0.2, 0.25) is 0 Å². The van der Waals surface area contributed by atoms with Crippen molar-refractivity contribution in [2.75, 3.05) is 40.3 Å². The summed E-state index contributed by atoms with van der Waals surface area (Å²) in [7, 11) is 4.02. The van der Waals surface area contributed by atoms with Crippen molar-refractivity contribution in [3.63, 3.8) is 0 Å². The number of nitrogens with zero attached hydrogens (tertiary/aromatic N) is 2. The van der Waals surface area contributed by atoms with Crippen molar-refractivity contribution in [2.45, 2.75) is 0 Å². The molecule has 0 amide bonds. The Balaban J connectivity index is 2.57. The lowest BCUT2D eigenvalue weighted by Gasteiger charge is -2.35. The Bertz CT molecular complexity index is 231. The van der Waals surface area contributed by atoms with Gasteiger partial charge in [-0.1, -0.05) is 0 Å².